The fourth-order valence-electron chi connectivity index (χ4n) is 2.56. The molecule has 0 radical (unpaired) electrons. The molecule has 0 fully saturated rings. The molecule has 0 spiro atoms. The molecule has 2 aromatic carbocycles. The van der Waals surface area contributed by atoms with Crippen molar-refractivity contribution in [1.82, 2.24) is 5.32 Å². The molecule has 0 aromatic heterocycles. The molecule has 0 atom stereocenters. The Morgan fingerprint density at radius 1 is 1.16 bits per heavy atom. The van der Waals surface area contributed by atoms with Gasteiger partial charge in [-0.05, 0) is 51.3 Å². The minimum Gasteiger partial charge on any atom is -0.493 e. The highest BCUT2D eigenvalue weighted by atomic mass is 79.9. The third kappa shape index (κ3) is 4.27. The molecule has 5 nitrogen and oxygen atoms in total. The first-order valence-electron chi connectivity index (χ1n) is 7.90. The summed E-state index contributed by atoms with van der Waals surface area (Å²) in [6.45, 7) is 5.81. The highest BCUT2D eigenvalue weighted by molar-refractivity contribution is 9.10. The fraction of sp³-hybridized carbons (Fsp3) is 0.263. The summed E-state index contributed by atoms with van der Waals surface area (Å²) >= 11 is 3.54. The van der Waals surface area contributed by atoms with Crippen LogP contribution in [0.1, 0.15) is 11.1 Å². The van der Waals surface area contributed by atoms with Gasteiger partial charge in [0.25, 0.3) is 0 Å². The summed E-state index contributed by atoms with van der Waals surface area (Å²) in [4.78, 5) is 0. The van der Waals surface area contributed by atoms with Gasteiger partial charge in [-0.15, -0.1) is 0 Å². The number of nitrogens with one attached hydrogen (secondary N) is 1. The Morgan fingerprint density at radius 2 is 1.96 bits per heavy atom. The van der Waals surface area contributed by atoms with Crippen LogP contribution >= 0.6 is 15.9 Å². The molecule has 1 N–H and O–H groups in total. The molecule has 0 aliphatic carbocycles. The number of methoxy groups -OCH3 is 1. The molecule has 0 amide bonds. The van der Waals surface area contributed by atoms with Crippen molar-refractivity contribution < 1.29 is 18.9 Å². The predicted octanol–water partition coefficient (Wildman–Crippen LogP) is 4.04. The Kier molecular flexibility index (Phi) is 5.83. The third-order valence-electron chi connectivity index (χ3n) is 3.73. The van der Waals surface area contributed by atoms with Crippen LogP contribution in [0, 0.1) is 0 Å². The standard InChI is InChI=1S/C19H20BrNO4/c1-3-6-23-19-15(20)7-14(9-18(19)22-2)11-21-10-13-4-5-16-17(8-13)25-12-24-16/h3-5,7-9,21H,1,6,10-12H2,2H3. The molecule has 6 heteroatoms. The SMILES string of the molecule is C=CCOc1c(Br)cc(CNCc2ccc3c(c2)OCO3)cc1OC. The first-order valence-corrected chi connectivity index (χ1v) is 8.70. The highest BCUT2D eigenvalue weighted by Crippen LogP contribution is 2.37. The molecule has 0 unspecified atom stereocenters. The monoisotopic (exact) mass is 405 g/mol. The molecule has 2 aromatic rings. The lowest BCUT2D eigenvalue weighted by Crippen LogP contribution is -2.13. The Hall–Kier alpha value is -2.18. The number of rotatable bonds is 8. The van der Waals surface area contributed by atoms with E-state index in [1.165, 1.54) is 0 Å². The van der Waals surface area contributed by atoms with Gasteiger partial charge in [0.1, 0.15) is 6.61 Å². The molecular formula is C19H20BrNO4. The van der Waals surface area contributed by atoms with Gasteiger partial charge in [0.15, 0.2) is 23.0 Å². The lowest BCUT2D eigenvalue weighted by molar-refractivity contribution is 0.174. The van der Waals surface area contributed by atoms with Crippen LogP contribution in [0.5, 0.6) is 23.0 Å². The third-order valence-corrected chi connectivity index (χ3v) is 4.32. The minimum atomic E-state index is 0.292. The van der Waals surface area contributed by atoms with E-state index in [9.17, 15) is 0 Å². The second kappa shape index (κ2) is 8.27. The van der Waals surface area contributed by atoms with Crippen molar-refractivity contribution in [2.45, 2.75) is 13.1 Å². The smallest absolute Gasteiger partial charge is 0.231 e. The summed E-state index contributed by atoms with van der Waals surface area (Å²) in [6, 6.07) is 9.95. The molecule has 132 valence electrons. The first kappa shape index (κ1) is 17.6. The van der Waals surface area contributed by atoms with Gasteiger partial charge in [-0.25, -0.2) is 0 Å². The Labute approximate surface area is 155 Å². The van der Waals surface area contributed by atoms with Gasteiger partial charge in [-0.2, -0.15) is 0 Å². The van der Waals surface area contributed by atoms with Gasteiger partial charge in [-0.1, -0.05) is 18.7 Å². The van der Waals surface area contributed by atoms with Crippen LogP contribution in [0.25, 0.3) is 0 Å². The summed E-state index contributed by atoms with van der Waals surface area (Å²) in [5.74, 6) is 2.97. The summed E-state index contributed by atoms with van der Waals surface area (Å²) < 4.78 is 22.7. The topological polar surface area (TPSA) is 49.0 Å². The van der Waals surface area contributed by atoms with Crippen LogP contribution in [-0.4, -0.2) is 20.5 Å². The van der Waals surface area contributed by atoms with Gasteiger partial charge >= 0.3 is 0 Å². The average molecular weight is 406 g/mol. The number of ether oxygens (including phenoxy) is 4. The molecule has 1 aliphatic heterocycles. The van der Waals surface area contributed by atoms with E-state index in [0.717, 1.165) is 33.6 Å². The van der Waals surface area contributed by atoms with Crippen molar-refractivity contribution in [3.63, 3.8) is 0 Å². The van der Waals surface area contributed by atoms with Crippen molar-refractivity contribution in [3.8, 4) is 23.0 Å². The molecule has 1 aliphatic rings. The summed E-state index contributed by atoms with van der Waals surface area (Å²) in [5.41, 5.74) is 2.23. The zero-order valence-corrected chi connectivity index (χ0v) is 15.6. The number of halogens is 1. The molecule has 0 saturated carbocycles. The van der Waals surface area contributed by atoms with E-state index in [-0.39, 0.29) is 0 Å². The van der Waals surface area contributed by atoms with E-state index in [2.05, 4.69) is 27.8 Å². The van der Waals surface area contributed by atoms with Gasteiger partial charge in [0.05, 0.1) is 11.6 Å². The highest BCUT2D eigenvalue weighted by Gasteiger charge is 2.14. The van der Waals surface area contributed by atoms with Crippen LogP contribution in [0.2, 0.25) is 0 Å². The van der Waals surface area contributed by atoms with Crippen LogP contribution in [0.4, 0.5) is 0 Å². The van der Waals surface area contributed by atoms with Gasteiger partial charge in [-0.3, -0.25) is 0 Å². The van der Waals surface area contributed by atoms with E-state index in [1.807, 2.05) is 30.3 Å². The first-order chi connectivity index (χ1) is 12.2. The van der Waals surface area contributed by atoms with Gasteiger partial charge in [0.2, 0.25) is 6.79 Å². The number of hydrogen-bond acceptors (Lipinski definition) is 5. The van der Waals surface area contributed by atoms with Crippen LogP contribution < -0.4 is 24.3 Å². The lowest BCUT2D eigenvalue weighted by atomic mass is 10.1. The Bertz CT molecular complexity index is 763. The predicted molar refractivity (Wildman–Crippen MR) is 99.5 cm³/mol. The largest absolute Gasteiger partial charge is 0.493 e. The molecule has 0 saturated heterocycles. The van der Waals surface area contributed by atoms with Crippen LogP contribution in [-0.2, 0) is 13.1 Å². The molecule has 25 heavy (non-hydrogen) atoms. The number of fused-ring (bicyclic) bond motifs is 1. The fourth-order valence-corrected chi connectivity index (χ4v) is 3.16. The molecular weight excluding hydrogens is 386 g/mol. The summed E-state index contributed by atoms with van der Waals surface area (Å²) in [6.07, 6.45) is 1.70. The normalized spacial score (nSPS) is 12.1. The molecule has 0 bridgehead atoms. The number of benzene rings is 2. The Balaban J connectivity index is 1.63. The van der Waals surface area contributed by atoms with Gasteiger partial charge < -0.3 is 24.3 Å². The zero-order valence-electron chi connectivity index (χ0n) is 14.0. The second-order valence-corrected chi connectivity index (χ2v) is 6.35. The maximum absolute atomic E-state index is 5.64. The zero-order chi connectivity index (χ0) is 17.6. The average Bonchev–Trinajstić information content (AvgIpc) is 3.08. The van der Waals surface area contributed by atoms with E-state index in [0.29, 0.717) is 31.4 Å². The quantitative estimate of drug-likeness (QED) is 0.671. The maximum atomic E-state index is 5.64. The van der Waals surface area contributed by atoms with E-state index >= 15 is 0 Å². The second-order valence-electron chi connectivity index (χ2n) is 5.50. The molecule has 1 heterocycles. The van der Waals surface area contributed by atoms with Crippen LogP contribution in [0.3, 0.4) is 0 Å². The van der Waals surface area contributed by atoms with E-state index in [4.69, 9.17) is 18.9 Å². The van der Waals surface area contributed by atoms with Crippen molar-refractivity contribution >= 4 is 15.9 Å². The van der Waals surface area contributed by atoms with Crippen molar-refractivity contribution in [1.29, 1.82) is 0 Å². The van der Waals surface area contributed by atoms with E-state index < -0.39 is 0 Å². The summed E-state index contributed by atoms with van der Waals surface area (Å²) in [5, 5.41) is 3.42. The number of hydrogen-bond donors (Lipinski definition) is 1. The molecule has 3 rings (SSSR count). The van der Waals surface area contributed by atoms with Crippen molar-refractivity contribution in [2.24, 2.45) is 0 Å². The summed E-state index contributed by atoms with van der Waals surface area (Å²) in [7, 11) is 1.63. The van der Waals surface area contributed by atoms with Crippen LogP contribution in [0.15, 0.2) is 47.5 Å². The van der Waals surface area contributed by atoms with Crippen molar-refractivity contribution in [3.05, 3.63) is 58.6 Å². The lowest BCUT2D eigenvalue weighted by Gasteiger charge is -2.14. The van der Waals surface area contributed by atoms with E-state index in [1.54, 1.807) is 13.2 Å². The van der Waals surface area contributed by atoms with Gasteiger partial charge in [0, 0.05) is 13.1 Å². The Morgan fingerprint density at radius 3 is 2.76 bits per heavy atom. The minimum absolute atomic E-state index is 0.292. The maximum Gasteiger partial charge on any atom is 0.231 e. The van der Waals surface area contributed by atoms with Crippen molar-refractivity contribution in [2.75, 3.05) is 20.5 Å².